The van der Waals surface area contributed by atoms with Crippen LogP contribution in [0.25, 0.3) is 6.08 Å². The molecule has 26 heavy (non-hydrogen) atoms. The molecular formula is C19H15BrO6. The summed E-state index contributed by atoms with van der Waals surface area (Å²) in [6.45, 7) is -0.162. The lowest BCUT2D eigenvalue weighted by atomic mass is 10.1. The first-order valence-corrected chi connectivity index (χ1v) is 8.42. The molecule has 1 aliphatic heterocycles. The number of hydrogen-bond donors (Lipinski definition) is 0. The number of carbonyl (C=O) groups excluding carboxylic acids is 2. The maximum atomic E-state index is 12.5. The molecule has 0 fully saturated rings. The minimum Gasteiger partial charge on any atom is -0.496 e. The monoisotopic (exact) mass is 418 g/mol. The lowest BCUT2D eigenvalue weighted by molar-refractivity contribution is -0.138. The zero-order valence-corrected chi connectivity index (χ0v) is 15.7. The van der Waals surface area contributed by atoms with Gasteiger partial charge in [-0.1, -0.05) is 15.9 Å². The highest BCUT2D eigenvalue weighted by molar-refractivity contribution is 9.10. The van der Waals surface area contributed by atoms with Crippen LogP contribution >= 0.6 is 15.9 Å². The second-order valence-corrected chi connectivity index (χ2v) is 6.31. The zero-order chi connectivity index (χ0) is 18.7. The van der Waals surface area contributed by atoms with Gasteiger partial charge in [0.05, 0.1) is 12.7 Å². The van der Waals surface area contributed by atoms with Crippen molar-refractivity contribution in [1.29, 1.82) is 0 Å². The molecule has 0 amide bonds. The van der Waals surface area contributed by atoms with Crippen LogP contribution in [0.3, 0.4) is 0 Å². The van der Waals surface area contributed by atoms with E-state index in [0.29, 0.717) is 22.6 Å². The Morgan fingerprint density at radius 1 is 1.19 bits per heavy atom. The Morgan fingerprint density at radius 2 is 2.00 bits per heavy atom. The van der Waals surface area contributed by atoms with Crippen molar-refractivity contribution in [2.75, 3.05) is 20.8 Å². The lowest BCUT2D eigenvalue weighted by Crippen LogP contribution is -2.14. The molecule has 134 valence electrons. The van der Waals surface area contributed by atoms with E-state index >= 15 is 0 Å². The average molecular weight is 419 g/mol. The van der Waals surface area contributed by atoms with Crippen LogP contribution in [0.1, 0.15) is 15.9 Å². The summed E-state index contributed by atoms with van der Waals surface area (Å²) in [5.41, 5.74) is 1.10. The van der Waals surface area contributed by atoms with Gasteiger partial charge < -0.3 is 18.9 Å². The molecule has 0 N–H and O–H groups in total. The van der Waals surface area contributed by atoms with Crippen LogP contribution in [-0.4, -0.2) is 32.6 Å². The van der Waals surface area contributed by atoms with E-state index in [1.807, 2.05) is 12.1 Å². The summed E-state index contributed by atoms with van der Waals surface area (Å²) in [4.78, 5) is 24.0. The van der Waals surface area contributed by atoms with Crippen LogP contribution in [-0.2, 0) is 9.53 Å². The fourth-order valence-corrected chi connectivity index (χ4v) is 2.85. The predicted octanol–water partition coefficient (Wildman–Crippen LogP) is 3.63. The van der Waals surface area contributed by atoms with Crippen LogP contribution in [0.2, 0.25) is 0 Å². The average Bonchev–Trinajstić information content (AvgIpc) is 2.90. The van der Waals surface area contributed by atoms with E-state index in [2.05, 4.69) is 15.9 Å². The molecule has 3 rings (SSSR count). The molecule has 2 aromatic carbocycles. The van der Waals surface area contributed by atoms with Gasteiger partial charge in [-0.3, -0.25) is 4.79 Å². The highest BCUT2D eigenvalue weighted by Crippen LogP contribution is 2.36. The first-order valence-electron chi connectivity index (χ1n) is 7.63. The van der Waals surface area contributed by atoms with Gasteiger partial charge in [-0.25, -0.2) is 4.79 Å². The van der Waals surface area contributed by atoms with Crippen LogP contribution in [0.5, 0.6) is 17.2 Å². The van der Waals surface area contributed by atoms with Gasteiger partial charge in [0.25, 0.3) is 0 Å². The first kappa shape index (κ1) is 18.2. The Morgan fingerprint density at radius 3 is 2.73 bits per heavy atom. The number of hydrogen-bond acceptors (Lipinski definition) is 6. The van der Waals surface area contributed by atoms with Crippen molar-refractivity contribution in [3.8, 4) is 17.2 Å². The van der Waals surface area contributed by atoms with Crippen molar-refractivity contribution in [3.05, 3.63) is 57.8 Å². The summed E-state index contributed by atoms with van der Waals surface area (Å²) >= 11 is 3.39. The molecule has 0 bridgehead atoms. The molecular weight excluding hydrogens is 404 g/mol. The van der Waals surface area contributed by atoms with Gasteiger partial charge in [-0.2, -0.15) is 0 Å². The summed E-state index contributed by atoms with van der Waals surface area (Å²) in [5, 5.41) is 0. The largest absolute Gasteiger partial charge is 0.496 e. The molecule has 0 saturated carbocycles. The minimum atomic E-state index is -0.536. The predicted molar refractivity (Wildman–Crippen MR) is 97.6 cm³/mol. The Balaban J connectivity index is 1.88. The summed E-state index contributed by atoms with van der Waals surface area (Å²) in [6, 6.07) is 10.1. The molecule has 0 saturated heterocycles. The number of Topliss-reactive ketones (excluding diaryl/α,β-unsaturated/α-hetero) is 1. The third-order valence-electron chi connectivity index (χ3n) is 3.61. The van der Waals surface area contributed by atoms with Gasteiger partial charge in [0.15, 0.2) is 5.76 Å². The van der Waals surface area contributed by atoms with Gasteiger partial charge in [-0.15, -0.1) is 0 Å². The first-order chi connectivity index (χ1) is 12.5. The number of fused-ring (bicyclic) bond motifs is 1. The Hall–Kier alpha value is -2.64. The fourth-order valence-electron chi connectivity index (χ4n) is 2.47. The molecule has 0 aliphatic carbocycles. The number of halogens is 1. The molecule has 0 atom stereocenters. The van der Waals surface area contributed by atoms with Crippen molar-refractivity contribution in [2.24, 2.45) is 0 Å². The second kappa shape index (κ2) is 7.72. The zero-order valence-electron chi connectivity index (χ0n) is 14.1. The molecule has 0 spiro atoms. The van der Waals surface area contributed by atoms with Crippen molar-refractivity contribution in [1.82, 2.24) is 0 Å². The molecule has 6 nitrogen and oxygen atoms in total. The highest BCUT2D eigenvalue weighted by atomic mass is 79.9. The quantitative estimate of drug-likeness (QED) is 0.419. The van der Waals surface area contributed by atoms with E-state index in [1.165, 1.54) is 19.2 Å². The maximum Gasteiger partial charge on any atom is 0.337 e. The third-order valence-corrected chi connectivity index (χ3v) is 4.11. The van der Waals surface area contributed by atoms with Crippen molar-refractivity contribution in [3.63, 3.8) is 0 Å². The summed E-state index contributed by atoms with van der Waals surface area (Å²) in [5.74, 6) is 0.597. The van der Waals surface area contributed by atoms with Crippen LogP contribution in [0, 0.1) is 0 Å². The number of carbonyl (C=O) groups is 2. The standard InChI is InChI=1S/C19H15BrO6/c1-23-10-18(21)25-13-4-5-14-16(9-13)26-17(19(14)22)8-11-7-12(20)3-6-15(11)24-2/h3-9H,10H2,1-2H3/b17-8-. The topological polar surface area (TPSA) is 71.1 Å². The van der Waals surface area contributed by atoms with Crippen LogP contribution in [0.4, 0.5) is 0 Å². The normalized spacial score (nSPS) is 14.1. The maximum absolute atomic E-state index is 12.5. The SMILES string of the molecule is COCC(=O)Oc1ccc2c(c1)O/C(=C\c1cc(Br)ccc1OC)C2=O. The fraction of sp³-hybridized carbons (Fsp3) is 0.158. The van der Waals surface area contributed by atoms with E-state index in [-0.39, 0.29) is 23.9 Å². The van der Waals surface area contributed by atoms with Gasteiger partial charge >= 0.3 is 5.97 Å². The van der Waals surface area contributed by atoms with Crippen LogP contribution in [0.15, 0.2) is 46.6 Å². The highest BCUT2D eigenvalue weighted by Gasteiger charge is 2.28. The molecule has 7 heteroatoms. The number of benzene rings is 2. The number of allylic oxidation sites excluding steroid dienone is 1. The summed E-state index contributed by atoms with van der Waals surface area (Å²) < 4.78 is 21.7. The van der Waals surface area contributed by atoms with E-state index in [1.54, 1.807) is 25.3 Å². The molecule has 2 aromatic rings. The van der Waals surface area contributed by atoms with Gasteiger partial charge in [0.1, 0.15) is 23.9 Å². The van der Waals surface area contributed by atoms with E-state index in [9.17, 15) is 9.59 Å². The summed E-state index contributed by atoms with van der Waals surface area (Å²) in [7, 11) is 2.96. The van der Waals surface area contributed by atoms with Crippen molar-refractivity contribution < 1.29 is 28.5 Å². The van der Waals surface area contributed by atoms with Gasteiger partial charge in [0, 0.05) is 23.2 Å². The molecule has 1 aliphatic rings. The summed E-state index contributed by atoms with van der Waals surface area (Å²) in [6.07, 6.45) is 1.61. The van der Waals surface area contributed by atoms with Crippen molar-refractivity contribution >= 4 is 33.8 Å². The Bertz CT molecular complexity index is 903. The third kappa shape index (κ3) is 3.79. The van der Waals surface area contributed by atoms with Gasteiger partial charge in [0.2, 0.25) is 5.78 Å². The van der Waals surface area contributed by atoms with Crippen molar-refractivity contribution in [2.45, 2.75) is 0 Å². The number of ether oxygens (including phenoxy) is 4. The number of methoxy groups -OCH3 is 2. The molecule has 1 heterocycles. The van der Waals surface area contributed by atoms with E-state index < -0.39 is 5.97 Å². The minimum absolute atomic E-state index is 0.162. The van der Waals surface area contributed by atoms with Crippen LogP contribution < -0.4 is 14.2 Å². The Labute approximate surface area is 158 Å². The number of ketones is 1. The Kier molecular flexibility index (Phi) is 5.39. The second-order valence-electron chi connectivity index (χ2n) is 5.39. The smallest absolute Gasteiger partial charge is 0.337 e. The van der Waals surface area contributed by atoms with E-state index in [0.717, 1.165) is 4.47 Å². The molecule has 0 unspecified atom stereocenters. The van der Waals surface area contributed by atoms with E-state index in [4.69, 9.17) is 18.9 Å². The lowest BCUT2D eigenvalue weighted by Gasteiger charge is -2.06. The van der Waals surface area contributed by atoms with Gasteiger partial charge in [-0.05, 0) is 36.4 Å². The molecule has 0 aromatic heterocycles. The number of esters is 1. The molecule has 0 radical (unpaired) electrons. The number of rotatable bonds is 5.